The Labute approximate surface area is 161 Å². The highest BCUT2D eigenvalue weighted by molar-refractivity contribution is 9.10. The van der Waals surface area contributed by atoms with Gasteiger partial charge < -0.3 is 14.6 Å². The maximum atomic E-state index is 12.4. The van der Waals surface area contributed by atoms with E-state index in [1.807, 2.05) is 48.0 Å². The molecular formula is C20H20BrN3O2. The molecule has 0 aliphatic heterocycles. The molecule has 1 heterocycles. The van der Waals surface area contributed by atoms with Gasteiger partial charge in [0.2, 0.25) is 0 Å². The van der Waals surface area contributed by atoms with Crippen LogP contribution in [0.5, 0.6) is 5.75 Å². The minimum atomic E-state index is -0.117. The van der Waals surface area contributed by atoms with Gasteiger partial charge in [-0.15, -0.1) is 0 Å². The molecule has 0 atom stereocenters. The number of nitrogens with zero attached hydrogens (tertiary/aromatic N) is 2. The summed E-state index contributed by atoms with van der Waals surface area (Å²) in [5.74, 6) is 0.511. The molecule has 2 aromatic carbocycles. The summed E-state index contributed by atoms with van der Waals surface area (Å²) in [5.41, 5.74) is 3.51. The van der Waals surface area contributed by atoms with Gasteiger partial charge in [-0.1, -0.05) is 28.1 Å². The molecule has 3 rings (SSSR count). The summed E-state index contributed by atoms with van der Waals surface area (Å²) in [6.07, 6.45) is 4.42. The lowest BCUT2D eigenvalue weighted by molar-refractivity contribution is 0.0954. The molecule has 0 aliphatic carbocycles. The van der Waals surface area contributed by atoms with Gasteiger partial charge >= 0.3 is 0 Å². The number of hydrogen-bond donors (Lipinski definition) is 1. The first-order chi connectivity index (χ1) is 12.6. The molecule has 0 saturated heterocycles. The van der Waals surface area contributed by atoms with Crippen LogP contribution in [0.3, 0.4) is 0 Å². The second-order valence-electron chi connectivity index (χ2n) is 5.94. The van der Waals surface area contributed by atoms with E-state index in [0.29, 0.717) is 17.9 Å². The minimum absolute atomic E-state index is 0.117. The van der Waals surface area contributed by atoms with Crippen LogP contribution in [0.1, 0.15) is 21.6 Å². The molecule has 0 aliphatic rings. The maximum Gasteiger partial charge on any atom is 0.251 e. The molecule has 1 aromatic heterocycles. The molecule has 0 saturated carbocycles. The van der Waals surface area contributed by atoms with Gasteiger partial charge in [-0.25, -0.2) is 4.98 Å². The number of nitrogens with one attached hydrogen (secondary N) is 1. The zero-order valence-electron chi connectivity index (χ0n) is 14.7. The average Bonchev–Trinajstić information content (AvgIpc) is 3.09. The monoisotopic (exact) mass is 413 g/mol. The van der Waals surface area contributed by atoms with Crippen molar-refractivity contribution in [3.63, 3.8) is 0 Å². The van der Waals surface area contributed by atoms with E-state index in [-0.39, 0.29) is 5.91 Å². The fourth-order valence-corrected chi connectivity index (χ4v) is 2.92. The van der Waals surface area contributed by atoms with E-state index in [1.165, 1.54) is 5.56 Å². The zero-order chi connectivity index (χ0) is 18.5. The molecule has 1 N–H and O–H groups in total. The van der Waals surface area contributed by atoms with Crippen LogP contribution < -0.4 is 10.1 Å². The second kappa shape index (κ2) is 8.19. The number of hydrogen-bond acceptors (Lipinski definition) is 3. The molecule has 0 fully saturated rings. The van der Waals surface area contributed by atoms with Crippen molar-refractivity contribution in [2.24, 2.45) is 0 Å². The van der Waals surface area contributed by atoms with E-state index < -0.39 is 0 Å². The molecule has 0 spiro atoms. The molecule has 3 aromatic rings. The van der Waals surface area contributed by atoms with Crippen LogP contribution in [-0.4, -0.2) is 29.1 Å². The first-order valence-electron chi connectivity index (χ1n) is 8.28. The number of carbonyl (C=O) groups excluding carboxylic acids is 1. The standard InChI is InChI=1S/C20H20BrN3O2/c1-14-12-24(13-23-14)18-8-5-16(11-19(18)26-2)20(25)22-10-9-15-3-6-17(21)7-4-15/h3-8,11-13H,9-10H2,1-2H3,(H,22,25). The maximum absolute atomic E-state index is 12.4. The predicted octanol–water partition coefficient (Wildman–Crippen LogP) is 3.92. The predicted molar refractivity (Wildman–Crippen MR) is 105 cm³/mol. The number of methoxy groups -OCH3 is 1. The lowest BCUT2D eigenvalue weighted by atomic mass is 10.1. The van der Waals surface area contributed by atoms with Gasteiger partial charge in [-0.2, -0.15) is 0 Å². The Morgan fingerprint density at radius 3 is 2.65 bits per heavy atom. The van der Waals surface area contributed by atoms with E-state index in [4.69, 9.17) is 4.74 Å². The fraction of sp³-hybridized carbons (Fsp3) is 0.200. The number of ether oxygens (including phenoxy) is 1. The van der Waals surface area contributed by atoms with Gasteiger partial charge in [0.1, 0.15) is 5.75 Å². The number of benzene rings is 2. The second-order valence-corrected chi connectivity index (χ2v) is 6.86. The lowest BCUT2D eigenvalue weighted by Crippen LogP contribution is -2.25. The Morgan fingerprint density at radius 2 is 2.00 bits per heavy atom. The summed E-state index contributed by atoms with van der Waals surface area (Å²) in [5, 5.41) is 2.95. The topological polar surface area (TPSA) is 56.1 Å². The Bertz CT molecular complexity index is 904. The Hall–Kier alpha value is -2.60. The van der Waals surface area contributed by atoms with Gasteiger partial charge in [-0.05, 0) is 49.2 Å². The van der Waals surface area contributed by atoms with Gasteiger partial charge in [-0.3, -0.25) is 4.79 Å². The van der Waals surface area contributed by atoms with E-state index in [2.05, 4.69) is 26.2 Å². The first kappa shape index (κ1) is 18.2. The van der Waals surface area contributed by atoms with Crippen LogP contribution in [0.4, 0.5) is 0 Å². The van der Waals surface area contributed by atoms with Crippen molar-refractivity contribution in [2.75, 3.05) is 13.7 Å². The zero-order valence-corrected chi connectivity index (χ0v) is 16.3. The number of imidazole rings is 1. The molecule has 6 heteroatoms. The molecule has 5 nitrogen and oxygen atoms in total. The SMILES string of the molecule is COc1cc(C(=O)NCCc2ccc(Br)cc2)ccc1-n1cnc(C)c1. The van der Waals surface area contributed by atoms with Crippen LogP contribution in [0.25, 0.3) is 5.69 Å². The van der Waals surface area contributed by atoms with Crippen molar-refractivity contribution in [1.29, 1.82) is 0 Å². The van der Waals surface area contributed by atoms with Crippen LogP contribution in [-0.2, 0) is 6.42 Å². The summed E-state index contributed by atoms with van der Waals surface area (Å²) < 4.78 is 8.38. The average molecular weight is 414 g/mol. The van der Waals surface area contributed by atoms with Crippen molar-refractivity contribution >= 4 is 21.8 Å². The normalized spacial score (nSPS) is 10.6. The molecular weight excluding hydrogens is 394 g/mol. The van der Waals surface area contributed by atoms with Gasteiger partial charge in [0.15, 0.2) is 0 Å². The van der Waals surface area contributed by atoms with E-state index in [9.17, 15) is 4.79 Å². The molecule has 26 heavy (non-hydrogen) atoms. The number of aryl methyl sites for hydroxylation is 1. The molecule has 0 radical (unpaired) electrons. The highest BCUT2D eigenvalue weighted by Crippen LogP contribution is 2.24. The minimum Gasteiger partial charge on any atom is -0.495 e. The third kappa shape index (κ3) is 4.32. The van der Waals surface area contributed by atoms with Crippen LogP contribution in [0.2, 0.25) is 0 Å². The first-order valence-corrected chi connectivity index (χ1v) is 9.08. The van der Waals surface area contributed by atoms with Crippen molar-refractivity contribution in [3.8, 4) is 11.4 Å². The summed E-state index contributed by atoms with van der Waals surface area (Å²) >= 11 is 3.42. The molecule has 1 amide bonds. The summed E-state index contributed by atoms with van der Waals surface area (Å²) in [6, 6.07) is 13.5. The molecule has 0 bridgehead atoms. The van der Waals surface area contributed by atoms with Gasteiger partial charge in [0, 0.05) is 22.8 Å². The number of amides is 1. The van der Waals surface area contributed by atoms with Crippen molar-refractivity contribution in [1.82, 2.24) is 14.9 Å². The quantitative estimate of drug-likeness (QED) is 0.665. The van der Waals surface area contributed by atoms with Crippen molar-refractivity contribution < 1.29 is 9.53 Å². The van der Waals surface area contributed by atoms with Crippen molar-refractivity contribution in [2.45, 2.75) is 13.3 Å². The largest absolute Gasteiger partial charge is 0.495 e. The summed E-state index contributed by atoms with van der Waals surface area (Å²) in [4.78, 5) is 16.6. The van der Waals surface area contributed by atoms with E-state index in [0.717, 1.165) is 22.3 Å². The number of carbonyl (C=O) groups is 1. The summed E-state index contributed by atoms with van der Waals surface area (Å²) in [7, 11) is 1.60. The molecule has 0 unspecified atom stereocenters. The van der Waals surface area contributed by atoms with Gasteiger partial charge in [0.05, 0.1) is 24.8 Å². The van der Waals surface area contributed by atoms with Gasteiger partial charge in [0.25, 0.3) is 5.91 Å². The highest BCUT2D eigenvalue weighted by Gasteiger charge is 2.11. The highest BCUT2D eigenvalue weighted by atomic mass is 79.9. The Morgan fingerprint density at radius 1 is 1.23 bits per heavy atom. The van der Waals surface area contributed by atoms with Crippen LogP contribution >= 0.6 is 15.9 Å². The Balaban J connectivity index is 1.66. The van der Waals surface area contributed by atoms with Crippen LogP contribution in [0.15, 0.2) is 59.5 Å². The third-order valence-corrected chi connectivity index (χ3v) is 4.57. The van der Waals surface area contributed by atoms with E-state index in [1.54, 1.807) is 25.6 Å². The summed E-state index contributed by atoms with van der Waals surface area (Å²) in [6.45, 7) is 2.50. The number of aromatic nitrogens is 2. The fourth-order valence-electron chi connectivity index (χ4n) is 2.66. The van der Waals surface area contributed by atoms with E-state index >= 15 is 0 Å². The smallest absolute Gasteiger partial charge is 0.251 e. The number of halogens is 1. The van der Waals surface area contributed by atoms with Crippen LogP contribution in [0, 0.1) is 6.92 Å². The van der Waals surface area contributed by atoms with Crippen molar-refractivity contribution in [3.05, 3.63) is 76.3 Å². The molecule has 134 valence electrons. The Kier molecular flexibility index (Phi) is 5.73. The lowest BCUT2D eigenvalue weighted by Gasteiger charge is -2.11. The number of rotatable bonds is 6. The third-order valence-electron chi connectivity index (χ3n) is 4.04.